The summed E-state index contributed by atoms with van der Waals surface area (Å²) >= 11 is 0. The molecule has 0 bridgehead atoms. The lowest BCUT2D eigenvalue weighted by Gasteiger charge is -2.38. The molecule has 2 aliphatic rings. The van der Waals surface area contributed by atoms with E-state index in [1.54, 1.807) is 7.11 Å². The van der Waals surface area contributed by atoms with Crippen molar-refractivity contribution in [1.29, 1.82) is 0 Å². The van der Waals surface area contributed by atoms with Crippen molar-refractivity contribution >= 4 is 16.6 Å². The Morgan fingerprint density at radius 3 is 2.54 bits per heavy atom. The number of ether oxygens (including phenoxy) is 2. The summed E-state index contributed by atoms with van der Waals surface area (Å²) in [6.07, 6.45) is 0.355. The maximum absolute atomic E-state index is 6.67. The van der Waals surface area contributed by atoms with Gasteiger partial charge in [-0.2, -0.15) is 5.10 Å². The molecule has 6 heteroatoms. The molecular formula is C31H25N3O3. The summed E-state index contributed by atoms with van der Waals surface area (Å²) in [6, 6.07) is 30.8. The Morgan fingerprint density at radius 2 is 1.73 bits per heavy atom. The van der Waals surface area contributed by atoms with Crippen molar-refractivity contribution in [3.05, 3.63) is 113 Å². The minimum atomic E-state index is -0.431. The third kappa shape index (κ3) is 3.56. The fraction of sp³-hybridized carbons (Fsp3) is 0.161. The summed E-state index contributed by atoms with van der Waals surface area (Å²) in [6.45, 7) is 2.10. The van der Waals surface area contributed by atoms with Crippen LogP contribution in [0.25, 0.3) is 22.2 Å². The second kappa shape index (κ2) is 8.52. The molecule has 0 unspecified atom stereocenters. The third-order valence-corrected chi connectivity index (χ3v) is 7.21. The van der Waals surface area contributed by atoms with Gasteiger partial charge in [0.15, 0.2) is 17.3 Å². The maximum atomic E-state index is 6.67. The summed E-state index contributed by atoms with van der Waals surface area (Å²) in [5.74, 6) is 2.24. The van der Waals surface area contributed by atoms with Gasteiger partial charge in [0.2, 0.25) is 6.23 Å². The van der Waals surface area contributed by atoms with Crippen molar-refractivity contribution in [2.45, 2.75) is 25.6 Å². The zero-order chi connectivity index (χ0) is 24.9. The van der Waals surface area contributed by atoms with Crippen LogP contribution in [-0.4, -0.2) is 23.0 Å². The van der Waals surface area contributed by atoms with Gasteiger partial charge in [-0.3, -0.25) is 0 Å². The van der Waals surface area contributed by atoms with Gasteiger partial charge in [0, 0.05) is 23.1 Å². The summed E-state index contributed by atoms with van der Waals surface area (Å²) in [7, 11) is 1.68. The van der Waals surface area contributed by atoms with Gasteiger partial charge in [-0.05, 0) is 30.7 Å². The van der Waals surface area contributed by atoms with Gasteiger partial charge in [-0.1, -0.05) is 83.5 Å². The van der Waals surface area contributed by atoms with Crippen molar-refractivity contribution in [3.63, 3.8) is 0 Å². The number of hydrazone groups is 1. The zero-order valence-electron chi connectivity index (χ0n) is 20.6. The highest BCUT2D eigenvalue weighted by Gasteiger charge is 2.42. The van der Waals surface area contributed by atoms with Crippen LogP contribution in [0.1, 0.15) is 40.9 Å². The zero-order valence-corrected chi connectivity index (χ0v) is 20.6. The number of hydrogen-bond donors (Lipinski definition) is 0. The normalized spacial score (nSPS) is 18.2. The van der Waals surface area contributed by atoms with Crippen LogP contribution in [-0.2, 0) is 0 Å². The van der Waals surface area contributed by atoms with E-state index in [1.165, 1.54) is 5.56 Å². The first-order chi connectivity index (χ1) is 18.2. The third-order valence-electron chi connectivity index (χ3n) is 7.21. The molecule has 7 rings (SSSR count). The van der Waals surface area contributed by atoms with Crippen molar-refractivity contribution < 1.29 is 14.0 Å². The summed E-state index contributed by atoms with van der Waals surface area (Å²) in [4.78, 5) is 0. The molecule has 1 aromatic heterocycles. The number of nitrogens with zero attached hydrogens (tertiary/aromatic N) is 3. The van der Waals surface area contributed by atoms with Gasteiger partial charge in [-0.15, -0.1) is 0 Å². The van der Waals surface area contributed by atoms with E-state index in [9.17, 15) is 0 Å². The van der Waals surface area contributed by atoms with Crippen molar-refractivity contribution in [3.8, 4) is 22.8 Å². The van der Waals surface area contributed by atoms with Gasteiger partial charge in [0.25, 0.3) is 0 Å². The van der Waals surface area contributed by atoms with E-state index in [0.717, 1.165) is 62.5 Å². The van der Waals surface area contributed by atoms with Gasteiger partial charge in [0.05, 0.1) is 24.2 Å². The SMILES string of the molecule is COc1cccc2c1O[C@H](c1ccc3noc(-c4ccccc4)c3c1)N1N=C(c3ccc(C)cc3)C[C@@H]21. The number of rotatable bonds is 4. The van der Waals surface area contributed by atoms with E-state index in [4.69, 9.17) is 19.1 Å². The molecule has 37 heavy (non-hydrogen) atoms. The number of hydrogen-bond acceptors (Lipinski definition) is 6. The average molecular weight is 488 g/mol. The molecule has 0 spiro atoms. The molecule has 2 aliphatic heterocycles. The van der Waals surface area contributed by atoms with Crippen molar-refractivity contribution in [1.82, 2.24) is 10.2 Å². The Hall–Kier alpha value is -4.58. The van der Waals surface area contributed by atoms with E-state index < -0.39 is 6.23 Å². The molecule has 0 amide bonds. The highest BCUT2D eigenvalue weighted by atomic mass is 16.5. The maximum Gasteiger partial charge on any atom is 0.214 e. The van der Waals surface area contributed by atoms with Crippen LogP contribution in [0, 0.1) is 6.92 Å². The highest BCUT2D eigenvalue weighted by Crippen LogP contribution is 2.51. The standard InChI is InChI=1S/C31H25N3O3/c1-19-11-13-20(14-12-19)26-18-27-23-9-6-10-28(35-2)30(23)36-31(34(27)32-26)22-15-16-25-24(17-22)29(37-33-25)21-7-4-3-5-8-21/h3-17,27,31H,18H2,1-2H3/t27-,31+/m0/s1. The van der Waals surface area contributed by atoms with Gasteiger partial charge >= 0.3 is 0 Å². The van der Waals surface area contributed by atoms with Gasteiger partial charge in [0.1, 0.15) is 5.52 Å². The first kappa shape index (κ1) is 21.7. The van der Waals surface area contributed by atoms with Gasteiger partial charge in [-0.25, -0.2) is 5.01 Å². The Bertz CT molecular complexity index is 1640. The molecule has 0 saturated carbocycles. The first-order valence-electron chi connectivity index (χ1n) is 12.4. The summed E-state index contributed by atoms with van der Waals surface area (Å²) < 4.78 is 18.1. The molecule has 4 aromatic carbocycles. The van der Waals surface area contributed by atoms with Gasteiger partial charge < -0.3 is 14.0 Å². The second-order valence-corrected chi connectivity index (χ2v) is 9.52. The topological polar surface area (TPSA) is 60.1 Å². The molecular weight excluding hydrogens is 462 g/mol. The highest BCUT2D eigenvalue weighted by molar-refractivity contribution is 6.02. The molecule has 0 N–H and O–H groups in total. The monoisotopic (exact) mass is 487 g/mol. The fourth-order valence-electron chi connectivity index (χ4n) is 5.30. The Kier molecular flexibility index (Phi) is 4.99. The van der Waals surface area contributed by atoms with Crippen LogP contribution in [0.15, 0.2) is 101 Å². The average Bonchev–Trinajstić information content (AvgIpc) is 3.58. The molecule has 3 heterocycles. The fourth-order valence-corrected chi connectivity index (χ4v) is 5.30. The molecule has 6 nitrogen and oxygen atoms in total. The van der Waals surface area contributed by atoms with Crippen LogP contribution in [0.5, 0.6) is 11.5 Å². The van der Waals surface area contributed by atoms with Crippen LogP contribution in [0.3, 0.4) is 0 Å². The van der Waals surface area contributed by atoms with E-state index in [1.807, 2.05) is 54.6 Å². The predicted octanol–water partition coefficient (Wildman–Crippen LogP) is 7.05. The Morgan fingerprint density at radius 1 is 0.892 bits per heavy atom. The molecule has 182 valence electrons. The minimum Gasteiger partial charge on any atom is -0.493 e. The van der Waals surface area contributed by atoms with Crippen molar-refractivity contribution in [2.75, 3.05) is 7.11 Å². The number of fused-ring (bicyclic) bond motifs is 4. The predicted molar refractivity (Wildman–Crippen MR) is 143 cm³/mol. The smallest absolute Gasteiger partial charge is 0.214 e. The Labute approximate surface area is 214 Å². The lowest BCUT2D eigenvalue weighted by atomic mass is 9.95. The van der Waals surface area contributed by atoms with E-state index in [0.29, 0.717) is 0 Å². The molecule has 0 fully saturated rings. The first-order valence-corrected chi connectivity index (χ1v) is 12.4. The molecule has 0 saturated heterocycles. The largest absolute Gasteiger partial charge is 0.493 e. The lowest BCUT2D eigenvalue weighted by Crippen LogP contribution is -2.33. The molecule has 2 atom stereocenters. The number of para-hydroxylation sites is 1. The number of methoxy groups -OCH3 is 1. The van der Waals surface area contributed by atoms with E-state index >= 15 is 0 Å². The minimum absolute atomic E-state index is 0.0342. The number of aryl methyl sites for hydroxylation is 1. The quantitative estimate of drug-likeness (QED) is 0.272. The lowest BCUT2D eigenvalue weighted by molar-refractivity contribution is -0.0208. The number of aromatic nitrogens is 1. The van der Waals surface area contributed by atoms with Crippen LogP contribution >= 0.6 is 0 Å². The van der Waals surface area contributed by atoms with E-state index in [-0.39, 0.29) is 6.04 Å². The molecule has 5 aromatic rings. The van der Waals surface area contributed by atoms with Crippen LogP contribution in [0.4, 0.5) is 0 Å². The Balaban J connectivity index is 1.36. The van der Waals surface area contributed by atoms with Crippen LogP contribution < -0.4 is 9.47 Å². The molecule has 0 aliphatic carbocycles. The molecule has 0 radical (unpaired) electrons. The van der Waals surface area contributed by atoms with Crippen molar-refractivity contribution in [2.24, 2.45) is 5.10 Å². The second-order valence-electron chi connectivity index (χ2n) is 9.52. The van der Waals surface area contributed by atoms with Crippen LogP contribution in [0.2, 0.25) is 0 Å². The summed E-state index contributed by atoms with van der Waals surface area (Å²) in [5, 5.41) is 12.4. The van der Waals surface area contributed by atoms with E-state index in [2.05, 4.69) is 53.5 Å². The number of benzene rings is 4. The summed E-state index contributed by atoms with van der Waals surface area (Å²) in [5.41, 5.74) is 7.25.